The normalized spacial score (nSPS) is 16.4. The first-order valence-electron chi connectivity index (χ1n) is 8.49. The fraction of sp³-hybridized carbons (Fsp3) is 0.0909. The maximum Gasteiger partial charge on any atom is 0.274 e. The van der Waals surface area contributed by atoms with Crippen LogP contribution in [0.4, 0.5) is 0 Å². The minimum Gasteiger partial charge on any atom is -0.267 e. The Hall–Kier alpha value is -2.72. The lowest BCUT2D eigenvalue weighted by Crippen LogP contribution is -2.27. The highest BCUT2D eigenvalue weighted by molar-refractivity contribution is 9.10. The Morgan fingerprint density at radius 2 is 1.50 bits per heavy atom. The maximum atomic E-state index is 13.1. The highest BCUT2D eigenvalue weighted by Crippen LogP contribution is 2.34. The highest BCUT2D eigenvalue weighted by atomic mass is 79.9. The van der Waals surface area contributed by atoms with Crippen LogP contribution in [0.3, 0.4) is 0 Å². The van der Waals surface area contributed by atoms with Crippen molar-refractivity contribution in [3.05, 3.63) is 106 Å². The fourth-order valence-corrected chi connectivity index (χ4v) is 3.42. The Bertz CT molecular complexity index is 937. The van der Waals surface area contributed by atoms with Crippen molar-refractivity contribution in [3.63, 3.8) is 0 Å². The fourth-order valence-electron chi connectivity index (χ4n) is 3.16. The number of carbonyl (C=O) groups excluding carboxylic acids is 1. The van der Waals surface area contributed by atoms with Gasteiger partial charge in [0.05, 0.1) is 11.8 Å². The average molecular weight is 405 g/mol. The molecule has 1 heterocycles. The molecule has 128 valence electrons. The Kier molecular flexibility index (Phi) is 4.67. The number of carbonyl (C=O) groups is 1. The van der Waals surface area contributed by atoms with Crippen LogP contribution in [0.15, 0.2) is 94.5 Å². The van der Waals surface area contributed by atoms with Crippen LogP contribution in [0.25, 0.3) is 0 Å². The van der Waals surface area contributed by atoms with Gasteiger partial charge in [-0.05, 0) is 35.4 Å². The monoisotopic (exact) mass is 404 g/mol. The van der Waals surface area contributed by atoms with E-state index in [0.717, 1.165) is 21.3 Å². The van der Waals surface area contributed by atoms with Crippen molar-refractivity contribution >= 4 is 27.5 Å². The molecule has 0 bridgehead atoms. The molecule has 3 nitrogen and oxygen atoms in total. The first kappa shape index (κ1) is 16.7. The molecule has 26 heavy (non-hydrogen) atoms. The summed E-state index contributed by atoms with van der Waals surface area (Å²) in [6, 6.07) is 27.3. The minimum atomic E-state index is -0.106. The van der Waals surface area contributed by atoms with Gasteiger partial charge in [-0.3, -0.25) is 4.79 Å². The van der Waals surface area contributed by atoms with Crippen LogP contribution in [0, 0.1) is 0 Å². The van der Waals surface area contributed by atoms with E-state index in [4.69, 9.17) is 5.10 Å². The molecule has 1 aliphatic rings. The molecule has 1 aliphatic heterocycles. The molecule has 0 aromatic heterocycles. The standard InChI is InChI=1S/C22H17BrN2O/c23-19-13-11-17(12-14-19)21-15-20(16-7-3-1-4-8-16)24-25(21)22(26)18-9-5-2-6-10-18/h1-14,21H,15H2. The average Bonchev–Trinajstić information content (AvgIpc) is 3.15. The Morgan fingerprint density at radius 3 is 2.15 bits per heavy atom. The molecular weight excluding hydrogens is 388 g/mol. The van der Waals surface area contributed by atoms with Gasteiger partial charge in [-0.15, -0.1) is 0 Å². The summed E-state index contributed by atoms with van der Waals surface area (Å²) in [7, 11) is 0. The predicted molar refractivity (Wildman–Crippen MR) is 107 cm³/mol. The Morgan fingerprint density at radius 1 is 0.885 bits per heavy atom. The van der Waals surface area contributed by atoms with Gasteiger partial charge in [-0.1, -0.05) is 76.6 Å². The zero-order valence-corrected chi connectivity index (χ0v) is 15.6. The molecule has 0 saturated carbocycles. The third-order valence-electron chi connectivity index (χ3n) is 4.50. The van der Waals surface area contributed by atoms with Crippen molar-refractivity contribution in [1.29, 1.82) is 0 Å². The van der Waals surface area contributed by atoms with E-state index < -0.39 is 0 Å². The molecule has 0 aliphatic carbocycles. The lowest BCUT2D eigenvalue weighted by Gasteiger charge is -2.22. The van der Waals surface area contributed by atoms with Gasteiger partial charge in [0.2, 0.25) is 0 Å². The molecule has 0 spiro atoms. The molecule has 1 unspecified atom stereocenters. The van der Waals surface area contributed by atoms with Crippen molar-refractivity contribution in [2.24, 2.45) is 5.10 Å². The third kappa shape index (κ3) is 3.33. The molecule has 0 saturated heterocycles. The summed E-state index contributed by atoms with van der Waals surface area (Å²) in [5.74, 6) is -0.0792. The molecular formula is C22H17BrN2O. The van der Waals surface area contributed by atoms with Gasteiger partial charge in [0.15, 0.2) is 0 Å². The van der Waals surface area contributed by atoms with Gasteiger partial charge in [0.1, 0.15) is 0 Å². The third-order valence-corrected chi connectivity index (χ3v) is 5.03. The SMILES string of the molecule is O=C(c1ccccc1)N1N=C(c2ccccc2)CC1c1ccc(Br)cc1. The second kappa shape index (κ2) is 7.26. The van der Waals surface area contributed by atoms with E-state index in [1.807, 2.05) is 84.9 Å². The number of amides is 1. The maximum absolute atomic E-state index is 13.1. The van der Waals surface area contributed by atoms with E-state index in [2.05, 4.69) is 15.9 Å². The van der Waals surface area contributed by atoms with Crippen LogP contribution in [0.2, 0.25) is 0 Å². The van der Waals surface area contributed by atoms with Crippen molar-refractivity contribution in [3.8, 4) is 0 Å². The summed E-state index contributed by atoms with van der Waals surface area (Å²) >= 11 is 3.47. The Balaban J connectivity index is 1.73. The number of hydrogen-bond acceptors (Lipinski definition) is 2. The zero-order chi connectivity index (χ0) is 17.9. The van der Waals surface area contributed by atoms with Crippen LogP contribution in [0.1, 0.15) is 33.9 Å². The van der Waals surface area contributed by atoms with Gasteiger partial charge in [0, 0.05) is 16.5 Å². The molecule has 0 N–H and O–H groups in total. The van der Waals surface area contributed by atoms with Crippen molar-refractivity contribution in [1.82, 2.24) is 5.01 Å². The smallest absolute Gasteiger partial charge is 0.267 e. The van der Waals surface area contributed by atoms with E-state index in [-0.39, 0.29) is 11.9 Å². The minimum absolute atomic E-state index is 0.0792. The van der Waals surface area contributed by atoms with E-state index in [0.29, 0.717) is 12.0 Å². The number of hydrogen-bond donors (Lipinski definition) is 0. The van der Waals surface area contributed by atoms with Crippen LogP contribution in [-0.2, 0) is 0 Å². The largest absolute Gasteiger partial charge is 0.274 e. The second-order valence-electron chi connectivity index (χ2n) is 6.20. The van der Waals surface area contributed by atoms with E-state index >= 15 is 0 Å². The van der Waals surface area contributed by atoms with E-state index in [9.17, 15) is 4.79 Å². The summed E-state index contributed by atoms with van der Waals surface area (Å²) in [4.78, 5) is 13.1. The number of hydrazone groups is 1. The number of nitrogens with zero attached hydrogens (tertiary/aromatic N) is 2. The first-order chi connectivity index (χ1) is 12.7. The highest BCUT2D eigenvalue weighted by Gasteiger charge is 2.33. The lowest BCUT2D eigenvalue weighted by atomic mass is 9.98. The Labute approximate surface area is 161 Å². The number of benzene rings is 3. The lowest BCUT2D eigenvalue weighted by molar-refractivity contribution is 0.0711. The van der Waals surface area contributed by atoms with Crippen molar-refractivity contribution in [2.75, 3.05) is 0 Å². The molecule has 3 aromatic carbocycles. The second-order valence-corrected chi connectivity index (χ2v) is 7.12. The van der Waals surface area contributed by atoms with Gasteiger partial charge >= 0.3 is 0 Å². The van der Waals surface area contributed by atoms with Gasteiger partial charge in [0.25, 0.3) is 5.91 Å². The zero-order valence-electron chi connectivity index (χ0n) is 14.0. The number of rotatable bonds is 3. The van der Waals surface area contributed by atoms with E-state index in [1.54, 1.807) is 5.01 Å². The van der Waals surface area contributed by atoms with Gasteiger partial charge < -0.3 is 0 Å². The topological polar surface area (TPSA) is 32.7 Å². The van der Waals surface area contributed by atoms with Gasteiger partial charge in [-0.25, -0.2) is 5.01 Å². The van der Waals surface area contributed by atoms with Crippen molar-refractivity contribution < 1.29 is 4.79 Å². The molecule has 0 fully saturated rings. The summed E-state index contributed by atoms with van der Waals surface area (Å²) < 4.78 is 1.02. The summed E-state index contributed by atoms with van der Waals surface area (Å²) in [6.07, 6.45) is 0.699. The molecule has 3 aromatic rings. The summed E-state index contributed by atoms with van der Waals surface area (Å²) in [5.41, 5.74) is 3.71. The quantitative estimate of drug-likeness (QED) is 0.571. The van der Waals surface area contributed by atoms with Crippen molar-refractivity contribution in [2.45, 2.75) is 12.5 Å². The molecule has 4 heteroatoms. The molecule has 1 atom stereocenters. The van der Waals surface area contributed by atoms with Crippen LogP contribution >= 0.6 is 15.9 Å². The van der Waals surface area contributed by atoms with Gasteiger partial charge in [-0.2, -0.15) is 5.10 Å². The van der Waals surface area contributed by atoms with Crippen LogP contribution in [0.5, 0.6) is 0 Å². The summed E-state index contributed by atoms with van der Waals surface area (Å²) in [6.45, 7) is 0. The van der Waals surface area contributed by atoms with Crippen LogP contribution in [-0.4, -0.2) is 16.6 Å². The molecule has 4 rings (SSSR count). The van der Waals surface area contributed by atoms with Crippen LogP contribution < -0.4 is 0 Å². The van der Waals surface area contributed by atoms with E-state index in [1.165, 1.54) is 0 Å². The number of halogens is 1. The first-order valence-corrected chi connectivity index (χ1v) is 9.28. The summed E-state index contributed by atoms with van der Waals surface area (Å²) in [5, 5.41) is 6.33. The predicted octanol–water partition coefficient (Wildman–Crippen LogP) is 5.44. The molecule has 1 amide bonds. The molecule has 0 radical (unpaired) electrons.